The van der Waals surface area contributed by atoms with Gasteiger partial charge in [0.05, 0.1) is 11.8 Å². The largest absolute Gasteiger partial charge is 0.484 e. The summed E-state index contributed by atoms with van der Waals surface area (Å²) < 4.78 is 45.6. The molecule has 20 heavy (non-hydrogen) atoms. The lowest BCUT2D eigenvalue weighted by molar-refractivity contribution is -0.139. The predicted molar refractivity (Wildman–Crippen MR) is 67.1 cm³/mol. The Morgan fingerprint density at radius 1 is 1.35 bits per heavy atom. The summed E-state index contributed by atoms with van der Waals surface area (Å²) in [5.41, 5.74) is 5.39. The van der Waals surface area contributed by atoms with E-state index in [0.29, 0.717) is 5.56 Å². The van der Waals surface area contributed by atoms with E-state index in [0.717, 1.165) is 6.07 Å². The van der Waals surface area contributed by atoms with Gasteiger partial charge in [-0.1, -0.05) is 12.1 Å². The topological polar surface area (TPSA) is 53.1 Å². The van der Waals surface area contributed by atoms with Gasteiger partial charge in [-0.2, -0.15) is 18.3 Å². The molecule has 1 heterocycles. The van der Waals surface area contributed by atoms with Crippen LogP contribution in [0.4, 0.5) is 13.2 Å². The van der Waals surface area contributed by atoms with E-state index in [-0.39, 0.29) is 12.3 Å². The van der Waals surface area contributed by atoms with Crippen LogP contribution in [0, 0.1) is 0 Å². The van der Waals surface area contributed by atoms with Gasteiger partial charge in [0.25, 0.3) is 0 Å². The molecule has 0 aliphatic rings. The van der Waals surface area contributed by atoms with Crippen molar-refractivity contribution >= 4 is 0 Å². The first-order valence-electron chi connectivity index (χ1n) is 5.93. The van der Waals surface area contributed by atoms with E-state index in [1.165, 1.54) is 29.1 Å². The molecule has 108 valence electrons. The maximum Gasteiger partial charge on any atom is 0.419 e. The highest BCUT2D eigenvalue weighted by Gasteiger charge is 2.34. The molecule has 1 aromatic heterocycles. The molecule has 1 unspecified atom stereocenters. The summed E-state index contributed by atoms with van der Waals surface area (Å²) in [6.07, 6.45) is -1.96. The fourth-order valence-corrected chi connectivity index (χ4v) is 1.82. The minimum Gasteiger partial charge on any atom is -0.484 e. The molecule has 0 aliphatic heterocycles. The van der Waals surface area contributed by atoms with Crippen LogP contribution in [0.1, 0.15) is 17.2 Å². The monoisotopic (exact) mass is 285 g/mol. The number of nitrogens with zero attached hydrogens (tertiary/aromatic N) is 2. The lowest BCUT2D eigenvalue weighted by atomic mass is 10.1. The molecule has 0 saturated carbocycles. The summed E-state index contributed by atoms with van der Waals surface area (Å²) in [6, 6.07) is 5.06. The normalized spacial score (nSPS) is 13.2. The van der Waals surface area contributed by atoms with Gasteiger partial charge in [0.15, 0.2) is 0 Å². The maximum absolute atomic E-state index is 12.9. The van der Waals surface area contributed by atoms with E-state index in [1.807, 2.05) is 0 Å². The highest BCUT2D eigenvalue weighted by Crippen LogP contribution is 2.37. The Kier molecular flexibility index (Phi) is 3.99. The van der Waals surface area contributed by atoms with Crippen molar-refractivity contribution in [3.05, 3.63) is 47.8 Å². The molecule has 0 aliphatic carbocycles. The minimum atomic E-state index is -4.47. The summed E-state index contributed by atoms with van der Waals surface area (Å²) >= 11 is 0. The number of hydrogen-bond donors (Lipinski definition) is 1. The number of halogens is 3. The van der Waals surface area contributed by atoms with Crippen molar-refractivity contribution in [3.63, 3.8) is 0 Å². The Labute approximate surface area is 114 Å². The van der Waals surface area contributed by atoms with Crippen LogP contribution in [-0.2, 0) is 13.2 Å². The first-order chi connectivity index (χ1) is 9.41. The SMILES string of the molecule is Cn1cc(C(CN)Oc2ccccc2C(F)(F)F)cn1. The number of benzene rings is 1. The fraction of sp³-hybridized carbons (Fsp3) is 0.308. The van der Waals surface area contributed by atoms with Gasteiger partial charge in [-0.25, -0.2) is 0 Å². The van der Waals surface area contributed by atoms with Crippen molar-refractivity contribution in [1.82, 2.24) is 9.78 Å². The number of aromatic nitrogens is 2. The zero-order valence-corrected chi connectivity index (χ0v) is 10.8. The van der Waals surface area contributed by atoms with E-state index in [4.69, 9.17) is 10.5 Å². The van der Waals surface area contributed by atoms with E-state index >= 15 is 0 Å². The first-order valence-corrected chi connectivity index (χ1v) is 5.93. The number of hydrogen-bond acceptors (Lipinski definition) is 3. The third kappa shape index (κ3) is 3.11. The van der Waals surface area contributed by atoms with Crippen molar-refractivity contribution in [3.8, 4) is 5.75 Å². The lowest BCUT2D eigenvalue weighted by Crippen LogP contribution is -2.19. The van der Waals surface area contributed by atoms with Crippen molar-refractivity contribution < 1.29 is 17.9 Å². The zero-order valence-electron chi connectivity index (χ0n) is 10.8. The predicted octanol–water partition coefficient (Wildman–Crippen LogP) is 2.52. The smallest absolute Gasteiger partial charge is 0.419 e. The molecule has 2 N–H and O–H groups in total. The van der Waals surface area contributed by atoms with Crippen molar-refractivity contribution in [2.24, 2.45) is 12.8 Å². The van der Waals surface area contributed by atoms with Gasteiger partial charge in [0.1, 0.15) is 11.9 Å². The van der Waals surface area contributed by atoms with Crippen LogP contribution in [-0.4, -0.2) is 16.3 Å². The van der Waals surface area contributed by atoms with Gasteiger partial charge < -0.3 is 10.5 Å². The average Bonchev–Trinajstić information content (AvgIpc) is 2.82. The second-order valence-corrected chi connectivity index (χ2v) is 4.28. The Hall–Kier alpha value is -2.02. The van der Waals surface area contributed by atoms with Crippen LogP contribution < -0.4 is 10.5 Å². The third-order valence-corrected chi connectivity index (χ3v) is 2.77. The summed E-state index contributed by atoms with van der Waals surface area (Å²) in [6.45, 7) is 0.0535. The highest BCUT2D eigenvalue weighted by molar-refractivity contribution is 5.36. The molecule has 4 nitrogen and oxygen atoms in total. The van der Waals surface area contributed by atoms with Gasteiger partial charge >= 0.3 is 6.18 Å². The Balaban J connectivity index is 2.29. The molecule has 0 radical (unpaired) electrons. The molecule has 0 spiro atoms. The fourth-order valence-electron chi connectivity index (χ4n) is 1.82. The molecule has 0 fully saturated rings. The zero-order chi connectivity index (χ0) is 14.8. The molecule has 1 atom stereocenters. The molecule has 1 aromatic carbocycles. The Morgan fingerprint density at radius 3 is 2.60 bits per heavy atom. The van der Waals surface area contributed by atoms with Gasteiger partial charge in [-0.3, -0.25) is 4.68 Å². The number of alkyl halides is 3. The lowest BCUT2D eigenvalue weighted by Gasteiger charge is -2.19. The molecule has 2 aromatic rings. The van der Waals surface area contributed by atoms with Crippen LogP contribution in [0.15, 0.2) is 36.7 Å². The molecule has 0 saturated heterocycles. The number of rotatable bonds is 4. The van der Waals surface area contributed by atoms with Crippen LogP contribution in [0.5, 0.6) is 5.75 Å². The van der Waals surface area contributed by atoms with Gasteiger partial charge in [0, 0.05) is 25.4 Å². The molecule has 7 heteroatoms. The Bertz CT molecular complexity index is 580. The van der Waals surface area contributed by atoms with E-state index in [1.54, 1.807) is 13.2 Å². The highest BCUT2D eigenvalue weighted by atomic mass is 19.4. The van der Waals surface area contributed by atoms with Crippen LogP contribution in [0.3, 0.4) is 0 Å². The maximum atomic E-state index is 12.9. The summed E-state index contributed by atoms with van der Waals surface area (Å²) in [5.74, 6) is -0.237. The van der Waals surface area contributed by atoms with Gasteiger partial charge in [-0.15, -0.1) is 0 Å². The summed E-state index contributed by atoms with van der Waals surface area (Å²) in [7, 11) is 1.71. The number of para-hydroxylation sites is 1. The standard InChI is InChI=1S/C13H14F3N3O/c1-19-8-9(7-18-19)12(6-17)20-11-5-3-2-4-10(11)13(14,15)16/h2-5,7-8,12H,6,17H2,1H3. The summed E-state index contributed by atoms with van der Waals surface area (Å²) in [5, 5.41) is 3.96. The third-order valence-electron chi connectivity index (χ3n) is 2.77. The van der Waals surface area contributed by atoms with E-state index in [2.05, 4.69) is 5.10 Å². The molecule has 0 bridgehead atoms. The van der Waals surface area contributed by atoms with Crippen LogP contribution in [0.2, 0.25) is 0 Å². The van der Waals surface area contributed by atoms with Crippen LogP contribution >= 0.6 is 0 Å². The second-order valence-electron chi connectivity index (χ2n) is 4.28. The van der Waals surface area contributed by atoms with E-state index < -0.39 is 17.8 Å². The van der Waals surface area contributed by atoms with Crippen molar-refractivity contribution in [2.75, 3.05) is 6.54 Å². The number of aryl methyl sites for hydroxylation is 1. The first kappa shape index (κ1) is 14.4. The number of ether oxygens (including phenoxy) is 1. The second kappa shape index (κ2) is 5.54. The average molecular weight is 285 g/mol. The van der Waals surface area contributed by atoms with Crippen molar-refractivity contribution in [2.45, 2.75) is 12.3 Å². The minimum absolute atomic E-state index is 0.0535. The molecular formula is C13H14F3N3O. The molecular weight excluding hydrogens is 271 g/mol. The van der Waals surface area contributed by atoms with Crippen LogP contribution in [0.25, 0.3) is 0 Å². The molecule has 0 amide bonds. The summed E-state index contributed by atoms with van der Waals surface area (Å²) in [4.78, 5) is 0. The van der Waals surface area contributed by atoms with Crippen molar-refractivity contribution in [1.29, 1.82) is 0 Å². The van der Waals surface area contributed by atoms with Gasteiger partial charge in [0.2, 0.25) is 0 Å². The number of nitrogens with two attached hydrogens (primary N) is 1. The Morgan fingerprint density at radius 2 is 2.05 bits per heavy atom. The quantitative estimate of drug-likeness (QED) is 0.939. The van der Waals surface area contributed by atoms with Gasteiger partial charge in [-0.05, 0) is 12.1 Å². The molecule has 2 rings (SSSR count). The van der Waals surface area contributed by atoms with E-state index in [9.17, 15) is 13.2 Å².